The topological polar surface area (TPSA) is 26.3 Å². The molecule has 15 heavy (non-hydrogen) atoms. The Morgan fingerprint density at radius 3 is 2.53 bits per heavy atom. The van der Waals surface area contributed by atoms with Gasteiger partial charge >= 0.3 is 0 Å². The van der Waals surface area contributed by atoms with E-state index in [1.165, 1.54) is 5.56 Å². The van der Waals surface area contributed by atoms with E-state index in [0.29, 0.717) is 6.61 Å². The summed E-state index contributed by atoms with van der Waals surface area (Å²) in [6.45, 7) is 2.60. The van der Waals surface area contributed by atoms with E-state index < -0.39 is 5.41 Å². The van der Waals surface area contributed by atoms with E-state index in [1.807, 2.05) is 31.2 Å². The van der Waals surface area contributed by atoms with Crippen molar-refractivity contribution in [3.63, 3.8) is 0 Å². The number of ether oxygens (including phenoxy) is 1. The molecule has 2 rings (SSSR count). The lowest BCUT2D eigenvalue weighted by atomic mass is 9.80. The molecular formula is C12H13ClO2. The fraction of sp³-hybridized carbons (Fsp3) is 0.417. The molecule has 1 saturated heterocycles. The monoisotopic (exact) mass is 224 g/mol. The largest absolute Gasteiger partial charge is 0.372 e. The van der Waals surface area contributed by atoms with Gasteiger partial charge < -0.3 is 4.74 Å². The van der Waals surface area contributed by atoms with Gasteiger partial charge in [-0.1, -0.05) is 29.8 Å². The molecule has 1 atom stereocenters. The molecule has 1 aromatic rings. The molecule has 80 valence electrons. The van der Waals surface area contributed by atoms with E-state index in [2.05, 4.69) is 0 Å². The van der Waals surface area contributed by atoms with Crippen molar-refractivity contribution in [1.82, 2.24) is 0 Å². The number of ketones is 1. The van der Waals surface area contributed by atoms with Gasteiger partial charge in [0.05, 0.1) is 12.0 Å². The van der Waals surface area contributed by atoms with Gasteiger partial charge in [0.1, 0.15) is 6.61 Å². The number of benzene rings is 1. The van der Waals surface area contributed by atoms with Crippen LogP contribution in [-0.4, -0.2) is 24.9 Å². The Morgan fingerprint density at radius 2 is 2.07 bits per heavy atom. The zero-order chi connectivity index (χ0) is 10.9. The van der Waals surface area contributed by atoms with Crippen molar-refractivity contribution in [2.75, 3.05) is 19.1 Å². The minimum atomic E-state index is -0.616. The summed E-state index contributed by atoms with van der Waals surface area (Å²) in [4.78, 5) is 11.8. The van der Waals surface area contributed by atoms with E-state index in [4.69, 9.17) is 16.3 Å². The van der Waals surface area contributed by atoms with Crippen LogP contribution in [0.1, 0.15) is 11.1 Å². The molecular weight excluding hydrogens is 212 g/mol. The highest BCUT2D eigenvalue weighted by Crippen LogP contribution is 2.31. The molecule has 1 heterocycles. The van der Waals surface area contributed by atoms with E-state index >= 15 is 0 Å². The van der Waals surface area contributed by atoms with E-state index in [9.17, 15) is 4.79 Å². The molecule has 0 unspecified atom stereocenters. The van der Waals surface area contributed by atoms with Gasteiger partial charge in [0.25, 0.3) is 0 Å². The minimum Gasteiger partial charge on any atom is -0.372 e. The molecule has 1 fully saturated rings. The summed E-state index contributed by atoms with van der Waals surface area (Å²) >= 11 is 5.93. The van der Waals surface area contributed by atoms with Crippen molar-refractivity contribution in [2.24, 2.45) is 0 Å². The molecule has 2 nitrogen and oxygen atoms in total. The number of carbonyl (C=O) groups is 1. The lowest BCUT2D eigenvalue weighted by Gasteiger charge is -2.23. The van der Waals surface area contributed by atoms with E-state index in [1.54, 1.807) is 0 Å². The maximum Gasteiger partial charge on any atom is 0.172 e. The average Bonchev–Trinajstić information content (AvgIpc) is 2.62. The Bertz CT molecular complexity index is 372. The van der Waals surface area contributed by atoms with E-state index in [0.717, 1.165) is 5.56 Å². The van der Waals surface area contributed by atoms with Crippen molar-refractivity contribution in [2.45, 2.75) is 12.3 Å². The molecule has 0 bridgehead atoms. The van der Waals surface area contributed by atoms with Crippen LogP contribution in [0.4, 0.5) is 0 Å². The van der Waals surface area contributed by atoms with Crippen LogP contribution in [0.3, 0.4) is 0 Å². The molecule has 0 N–H and O–H groups in total. The number of halogens is 1. The van der Waals surface area contributed by atoms with Gasteiger partial charge in [-0.3, -0.25) is 4.79 Å². The van der Waals surface area contributed by atoms with Crippen LogP contribution in [0.15, 0.2) is 24.3 Å². The maximum atomic E-state index is 11.8. The molecule has 1 aliphatic rings. The van der Waals surface area contributed by atoms with Crippen molar-refractivity contribution in [3.05, 3.63) is 35.4 Å². The van der Waals surface area contributed by atoms with E-state index in [-0.39, 0.29) is 18.3 Å². The first kappa shape index (κ1) is 10.7. The summed E-state index contributed by atoms with van der Waals surface area (Å²) in [6, 6.07) is 7.92. The minimum absolute atomic E-state index is 0.0846. The normalized spacial score (nSPS) is 25.9. The third-order valence-corrected chi connectivity index (χ3v) is 3.40. The molecule has 0 aromatic heterocycles. The van der Waals surface area contributed by atoms with Crippen molar-refractivity contribution < 1.29 is 9.53 Å². The molecule has 0 amide bonds. The van der Waals surface area contributed by atoms with Crippen LogP contribution < -0.4 is 0 Å². The standard InChI is InChI=1S/C12H13ClO2/c1-9-2-4-10(5-3-9)12(7-13)8-15-6-11(12)14/h2-5H,6-8H2,1H3/t12-/m1/s1. The zero-order valence-corrected chi connectivity index (χ0v) is 9.38. The number of carbonyl (C=O) groups excluding carboxylic acids is 1. The van der Waals surface area contributed by atoms with Crippen LogP contribution in [0.25, 0.3) is 0 Å². The van der Waals surface area contributed by atoms with Crippen LogP contribution >= 0.6 is 11.6 Å². The van der Waals surface area contributed by atoms with Crippen LogP contribution in [0.5, 0.6) is 0 Å². The number of hydrogen-bond acceptors (Lipinski definition) is 2. The van der Waals surface area contributed by atoms with Crippen molar-refractivity contribution in [1.29, 1.82) is 0 Å². The van der Waals surface area contributed by atoms with Crippen molar-refractivity contribution >= 4 is 17.4 Å². The van der Waals surface area contributed by atoms with Crippen molar-refractivity contribution in [3.8, 4) is 0 Å². The highest BCUT2D eigenvalue weighted by atomic mass is 35.5. The maximum absolute atomic E-state index is 11.8. The first-order chi connectivity index (χ1) is 7.19. The molecule has 3 heteroatoms. The molecule has 1 aromatic carbocycles. The third kappa shape index (κ3) is 1.68. The van der Waals surface area contributed by atoms with Gasteiger partial charge in [0.2, 0.25) is 0 Å². The first-order valence-corrected chi connectivity index (χ1v) is 5.47. The van der Waals surface area contributed by atoms with Gasteiger partial charge in [-0.25, -0.2) is 0 Å². The predicted molar refractivity (Wildman–Crippen MR) is 59.4 cm³/mol. The van der Waals surface area contributed by atoms with Gasteiger partial charge in [-0.2, -0.15) is 0 Å². The Kier molecular flexibility index (Phi) is 2.81. The summed E-state index contributed by atoms with van der Waals surface area (Å²) in [5, 5.41) is 0. The van der Waals surface area contributed by atoms with Gasteiger partial charge in [0.15, 0.2) is 5.78 Å². The average molecular weight is 225 g/mol. The second kappa shape index (κ2) is 3.95. The summed E-state index contributed by atoms with van der Waals surface area (Å²) in [5.41, 5.74) is 1.52. The molecule has 0 spiro atoms. The molecule has 0 saturated carbocycles. The molecule has 0 radical (unpaired) electrons. The smallest absolute Gasteiger partial charge is 0.172 e. The number of hydrogen-bond donors (Lipinski definition) is 0. The SMILES string of the molecule is Cc1ccc([C@@]2(CCl)COCC2=O)cc1. The second-order valence-corrected chi connectivity index (χ2v) is 4.26. The fourth-order valence-corrected chi connectivity index (χ4v) is 2.22. The highest BCUT2D eigenvalue weighted by Gasteiger charge is 2.43. The predicted octanol–water partition coefficient (Wildman–Crippen LogP) is 2.07. The van der Waals surface area contributed by atoms with Crippen LogP contribution in [0.2, 0.25) is 0 Å². The zero-order valence-electron chi connectivity index (χ0n) is 8.63. The van der Waals surface area contributed by atoms with Gasteiger partial charge in [0, 0.05) is 5.88 Å². The highest BCUT2D eigenvalue weighted by molar-refractivity contribution is 6.21. The number of alkyl halides is 1. The first-order valence-electron chi connectivity index (χ1n) is 4.93. The second-order valence-electron chi connectivity index (χ2n) is 4.00. The quantitative estimate of drug-likeness (QED) is 0.719. The number of aryl methyl sites for hydroxylation is 1. The number of rotatable bonds is 2. The lowest BCUT2D eigenvalue weighted by molar-refractivity contribution is -0.121. The van der Waals surface area contributed by atoms with Gasteiger partial charge in [-0.15, -0.1) is 11.6 Å². The van der Waals surface area contributed by atoms with Crippen LogP contribution in [-0.2, 0) is 14.9 Å². The summed E-state index contributed by atoms with van der Waals surface area (Å²) < 4.78 is 5.21. The Morgan fingerprint density at radius 1 is 1.40 bits per heavy atom. The Labute approximate surface area is 94.2 Å². The van der Waals surface area contributed by atoms with Gasteiger partial charge in [-0.05, 0) is 12.5 Å². The summed E-state index contributed by atoms with van der Waals surface area (Å²) in [5.74, 6) is 0.371. The molecule has 1 aliphatic heterocycles. The number of Topliss-reactive ketones (excluding diaryl/α,β-unsaturated/α-hetero) is 1. The Balaban J connectivity index is 2.42. The molecule has 0 aliphatic carbocycles. The fourth-order valence-electron chi connectivity index (χ4n) is 1.84. The summed E-state index contributed by atoms with van der Waals surface area (Å²) in [7, 11) is 0. The summed E-state index contributed by atoms with van der Waals surface area (Å²) in [6.07, 6.45) is 0. The van der Waals surface area contributed by atoms with Crippen LogP contribution in [0, 0.1) is 6.92 Å². The lowest BCUT2D eigenvalue weighted by Crippen LogP contribution is -2.36. The third-order valence-electron chi connectivity index (χ3n) is 2.95. The Hall–Kier alpha value is -0.860.